The summed E-state index contributed by atoms with van der Waals surface area (Å²) < 4.78 is 5.73. The summed E-state index contributed by atoms with van der Waals surface area (Å²) in [5.74, 6) is 0.165. The van der Waals surface area contributed by atoms with Crippen LogP contribution in [0, 0.1) is 13.8 Å². The normalized spacial score (nSPS) is 17.6. The Bertz CT molecular complexity index is 646. The smallest absolute Gasteiger partial charge is 0.228 e. The molecule has 0 saturated carbocycles. The number of hydrogen-bond donors (Lipinski definition) is 0. The Kier molecular flexibility index (Phi) is 5.46. The van der Waals surface area contributed by atoms with E-state index in [1.165, 1.54) is 5.56 Å². The molecular formula is C17H22N2O2S2. The van der Waals surface area contributed by atoms with Gasteiger partial charge in [-0.1, -0.05) is 0 Å². The molecule has 3 heterocycles. The maximum absolute atomic E-state index is 12.8. The van der Waals surface area contributed by atoms with E-state index >= 15 is 0 Å². The molecule has 0 bridgehead atoms. The lowest BCUT2D eigenvalue weighted by molar-refractivity contribution is -0.132. The van der Waals surface area contributed by atoms with Crippen molar-refractivity contribution < 1.29 is 9.53 Å². The number of hydrogen-bond acceptors (Lipinski definition) is 5. The van der Waals surface area contributed by atoms with Crippen LogP contribution in [-0.2, 0) is 22.5 Å². The van der Waals surface area contributed by atoms with Crippen LogP contribution in [0.15, 0.2) is 16.8 Å². The van der Waals surface area contributed by atoms with Gasteiger partial charge < -0.3 is 9.64 Å². The number of aryl methyl sites for hydroxylation is 2. The molecule has 2 aromatic heterocycles. The summed E-state index contributed by atoms with van der Waals surface area (Å²) in [6, 6.07) is 2.09. The Balaban J connectivity index is 1.70. The minimum Gasteiger partial charge on any atom is -0.376 e. The molecule has 0 unspecified atom stereocenters. The highest BCUT2D eigenvalue weighted by atomic mass is 32.1. The van der Waals surface area contributed by atoms with E-state index in [0.29, 0.717) is 19.5 Å². The van der Waals surface area contributed by atoms with Gasteiger partial charge in [-0.05, 0) is 49.1 Å². The van der Waals surface area contributed by atoms with Crippen LogP contribution in [0.25, 0.3) is 0 Å². The molecular weight excluding hydrogens is 328 g/mol. The second-order valence-electron chi connectivity index (χ2n) is 5.96. The molecule has 0 N–H and O–H groups in total. The van der Waals surface area contributed by atoms with Gasteiger partial charge in [0, 0.05) is 24.6 Å². The molecule has 1 saturated heterocycles. The third-order valence-corrected chi connectivity index (χ3v) is 5.87. The van der Waals surface area contributed by atoms with Gasteiger partial charge in [-0.2, -0.15) is 11.3 Å². The molecule has 0 aliphatic carbocycles. The van der Waals surface area contributed by atoms with Crippen molar-refractivity contribution >= 4 is 28.6 Å². The Hall–Kier alpha value is -1.24. The molecule has 0 spiro atoms. The second kappa shape index (κ2) is 7.55. The molecule has 0 aromatic carbocycles. The molecule has 1 fully saturated rings. The summed E-state index contributed by atoms with van der Waals surface area (Å²) in [5, 5.41) is 5.19. The third-order valence-electron chi connectivity index (χ3n) is 4.07. The topological polar surface area (TPSA) is 42.4 Å². The third kappa shape index (κ3) is 4.40. The van der Waals surface area contributed by atoms with Crippen molar-refractivity contribution in [3.05, 3.63) is 38.0 Å². The Labute approximate surface area is 145 Å². The summed E-state index contributed by atoms with van der Waals surface area (Å²) in [6.07, 6.45) is 2.76. The minimum absolute atomic E-state index is 0.165. The number of ether oxygens (including phenoxy) is 1. The predicted molar refractivity (Wildman–Crippen MR) is 94.0 cm³/mol. The lowest BCUT2D eigenvalue weighted by Gasteiger charge is -2.25. The van der Waals surface area contributed by atoms with Gasteiger partial charge in [0.1, 0.15) is 0 Å². The van der Waals surface area contributed by atoms with Gasteiger partial charge in [-0.3, -0.25) is 4.79 Å². The Morgan fingerprint density at radius 1 is 1.48 bits per heavy atom. The zero-order valence-electron chi connectivity index (χ0n) is 13.6. The van der Waals surface area contributed by atoms with E-state index in [9.17, 15) is 4.79 Å². The number of carbonyl (C=O) groups is 1. The lowest BCUT2D eigenvalue weighted by Crippen LogP contribution is -2.37. The van der Waals surface area contributed by atoms with Crippen molar-refractivity contribution in [3.63, 3.8) is 0 Å². The molecule has 0 radical (unpaired) electrons. The molecule has 1 aliphatic heterocycles. The number of carbonyl (C=O) groups excluding carboxylic acids is 1. The molecule has 4 nitrogen and oxygen atoms in total. The van der Waals surface area contributed by atoms with Crippen molar-refractivity contribution in [2.24, 2.45) is 0 Å². The zero-order valence-corrected chi connectivity index (χ0v) is 15.2. The average Bonchev–Trinajstić information content (AvgIpc) is 3.23. The molecule has 124 valence electrons. The van der Waals surface area contributed by atoms with E-state index in [4.69, 9.17) is 4.74 Å². The highest BCUT2D eigenvalue weighted by molar-refractivity contribution is 7.11. The van der Waals surface area contributed by atoms with Crippen LogP contribution >= 0.6 is 22.7 Å². The molecule has 6 heteroatoms. The molecule has 3 rings (SSSR count). The lowest BCUT2D eigenvalue weighted by atomic mass is 10.2. The van der Waals surface area contributed by atoms with Crippen LogP contribution in [0.3, 0.4) is 0 Å². The molecule has 1 atom stereocenters. The molecule has 2 aromatic rings. The first-order valence-corrected chi connectivity index (χ1v) is 9.71. The van der Waals surface area contributed by atoms with Crippen molar-refractivity contribution in [2.75, 3.05) is 13.2 Å². The van der Waals surface area contributed by atoms with Crippen LogP contribution in [-0.4, -0.2) is 35.0 Å². The number of nitrogens with zero attached hydrogens (tertiary/aromatic N) is 2. The Morgan fingerprint density at radius 2 is 2.35 bits per heavy atom. The van der Waals surface area contributed by atoms with Gasteiger partial charge in [0.15, 0.2) is 0 Å². The number of rotatable bonds is 6. The van der Waals surface area contributed by atoms with E-state index in [2.05, 4.69) is 21.8 Å². The van der Waals surface area contributed by atoms with E-state index in [-0.39, 0.29) is 12.0 Å². The fourth-order valence-electron chi connectivity index (χ4n) is 2.88. The summed E-state index contributed by atoms with van der Waals surface area (Å²) in [6.45, 7) is 6.14. The SMILES string of the molecule is Cc1nc(C)c(CC(=O)N(Cc2ccsc2)C[C@H]2CCCO2)s1. The quantitative estimate of drug-likeness (QED) is 0.800. The fraction of sp³-hybridized carbons (Fsp3) is 0.529. The van der Waals surface area contributed by atoms with Crippen LogP contribution in [0.1, 0.15) is 34.0 Å². The highest BCUT2D eigenvalue weighted by Gasteiger charge is 2.24. The number of thiazole rings is 1. The van der Waals surface area contributed by atoms with Crippen LogP contribution in [0.2, 0.25) is 0 Å². The monoisotopic (exact) mass is 350 g/mol. The first kappa shape index (κ1) is 16.6. The maximum Gasteiger partial charge on any atom is 0.228 e. The first-order valence-electron chi connectivity index (χ1n) is 7.95. The van der Waals surface area contributed by atoms with Crippen LogP contribution < -0.4 is 0 Å². The van der Waals surface area contributed by atoms with Gasteiger partial charge in [0.2, 0.25) is 5.91 Å². The first-order chi connectivity index (χ1) is 11.1. The summed E-state index contributed by atoms with van der Waals surface area (Å²) in [7, 11) is 0. The number of thiophene rings is 1. The van der Waals surface area contributed by atoms with Gasteiger partial charge in [0.05, 0.1) is 23.2 Å². The van der Waals surface area contributed by atoms with Gasteiger partial charge in [-0.15, -0.1) is 11.3 Å². The van der Waals surface area contributed by atoms with E-state index in [1.807, 2.05) is 18.7 Å². The summed E-state index contributed by atoms with van der Waals surface area (Å²) in [4.78, 5) is 20.3. The van der Waals surface area contributed by atoms with Crippen molar-refractivity contribution in [1.29, 1.82) is 0 Å². The van der Waals surface area contributed by atoms with Crippen molar-refractivity contribution in [1.82, 2.24) is 9.88 Å². The van der Waals surface area contributed by atoms with Gasteiger partial charge in [-0.25, -0.2) is 4.98 Å². The van der Waals surface area contributed by atoms with Gasteiger partial charge in [0.25, 0.3) is 0 Å². The minimum atomic E-state index is 0.165. The van der Waals surface area contributed by atoms with Crippen LogP contribution in [0.4, 0.5) is 0 Å². The van der Waals surface area contributed by atoms with E-state index < -0.39 is 0 Å². The van der Waals surface area contributed by atoms with Crippen LogP contribution in [0.5, 0.6) is 0 Å². The van der Waals surface area contributed by atoms with Crippen molar-refractivity contribution in [3.8, 4) is 0 Å². The zero-order chi connectivity index (χ0) is 16.2. The Morgan fingerprint density at radius 3 is 2.96 bits per heavy atom. The standard InChI is InChI=1S/C17H22N2O2S2/c1-12-16(23-13(2)18-12)8-17(20)19(9-14-5-7-22-11-14)10-15-4-3-6-21-15/h5,7,11,15H,3-4,6,8-10H2,1-2H3/t15-/m1/s1. The summed E-state index contributed by atoms with van der Waals surface area (Å²) >= 11 is 3.29. The fourth-order valence-corrected chi connectivity index (χ4v) is 4.47. The second-order valence-corrected chi connectivity index (χ2v) is 8.03. The molecule has 23 heavy (non-hydrogen) atoms. The predicted octanol–water partition coefficient (Wildman–Crippen LogP) is 3.57. The van der Waals surface area contributed by atoms with Gasteiger partial charge >= 0.3 is 0 Å². The number of aromatic nitrogens is 1. The van der Waals surface area contributed by atoms with E-state index in [0.717, 1.165) is 35.0 Å². The van der Waals surface area contributed by atoms with Crippen molar-refractivity contribution in [2.45, 2.75) is 45.8 Å². The van der Waals surface area contributed by atoms with E-state index in [1.54, 1.807) is 22.7 Å². The average molecular weight is 351 g/mol. The largest absolute Gasteiger partial charge is 0.376 e. The number of amides is 1. The summed E-state index contributed by atoms with van der Waals surface area (Å²) in [5.41, 5.74) is 2.17. The molecule has 1 amide bonds. The highest BCUT2D eigenvalue weighted by Crippen LogP contribution is 2.21. The molecule has 1 aliphatic rings. The maximum atomic E-state index is 12.8.